The first-order valence-electron chi connectivity index (χ1n) is 5.08. The summed E-state index contributed by atoms with van der Waals surface area (Å²) in [5.74, 6) is -0.735. The van der Waals surface area contributed by atoms with Crippen molar-refractivity contribution in [3.63, 3.8) is 0 Å². The van der Waals surface area contributed by atoms with Crippen molar-refractivity contribution >= 4 is 5.97 Å². The highest BCUT2D eigenvalue weighted by atomic mass is 16.4. The summed E-state index contributed by atoms with van der Waals surface area (Å²) >= 11 is 0. The van der Waals surface area contributed by atoms with E-state index in [1.165, 1.54) is 19.3 Å². The average Bonchev–Trinajstić information content (AvgIpc) is 2.00. The van der Waals surface area contributed by atoms with Gasteiger partial charge in [0.1, 0.15) is 0 Å². The molecule has 1 atom stereocenters. The SMILES string of the molecule is CCC1(C(N)CCC(=O)O)CCC1. The zero-order valence-electron chi connectivity index (χ0n) is 8.25. The van der Waals surface area contributed by atoms with Crippen molar-refractivity contribution in [2.45, 2.75) is 51.5 Å². The lowest BCUT2D eigenvalue weighted by molar-refractivity contribution is -0.137. The summed E-state index contributed by atoms with van der Waals surface area (Å²) in [6.45, 7) is 2.15. The van der Waals surface area contributed by atoms with Crippen molar-refractivity contribution in [1.82, 2.24) is 0 Å². The third kappa shape index (κ3) is 2.21. The smallest absolute Gasteiger partial charge is 0.303 e. The van der Waals surface area contributed by atoms with Crippen LogP contribution < -0.4 is 5.73 Å². The molecule has 13 heavy (non-hydrogen) atoms. The molecule has 1 aliphatic carbocycles. The van der Waals surface area contributed by atoms with Crippen molar-refractivity contribution in [3.05, 3.63) is 0 Å². The second-order valence-corrected chi connectivity index (χ2v) is 4.11. The van der Waals surface area contributed by atoms with Gasteiger partial charge in [-0.05, 0) is 31.1 Å². The number of carboxylic acid groups (broad SMARTS) is 1. The molecule has 0 aromatic rings. The van der Waals surface area contributed by atoms with E-state index in [4.69, 9.17) is 10.8 Å². The molecule has 1 unspecified atom stereocenters. The fourth-order valence-electron chi connectivity index (χ4n) is 2.20. The Morgan fingerprint density at radius 2 is 2.23 bits per heavy atom. The first kappa shape index (κ1) is 10.5. The predicted octanol–water partition coefficient (Wildman–Crippen LogP) is 1.76. The third-order valence-electron chi connectivity index (χ3n) is 3.51. The summed E-state index contributed by atoms with van der Waals surface area (Å²) in [4.78, 5) is 10.4. The molecule has 0 spiro atoms. The van der Waals surface area contributed by atoms with Crippen LogP contribution in [0.4, 0.5) is 0 Å². The van der Waals surface area contributed by atoms with Crippen LogP contribution in [0, 0.1) is 5.41 Å². The quantitative estimate of drug-likeness (QED) is 0.686. The third-order valence-corrected chi connectivity index (χ3v) is 3.51. The number of aliphatic carboxylic acids is 1. The van der Waals surface area contributed by atoms with Crippen molar-refractivity contribution < 1.29 is 9.90 Å². The van der Waals surface area contributed by atoms with Gasteiger partial charge in [-0.2, -0.15) is 0 Å². The van der Waals surface area contributed by atoms with Crippen LogP contribution in [0.2, 0.25) is 0 Å². The molecule has 1 fully saturated rings. The molecular weight excluding hydrogens is 166 g/mol. The van der Waals surface area contributed by atoms with E-state index in [1.807, 2.05) is 0 Å². The first-order valence-corrected chi connectivity index (χ1v) is 5.08. The summed E-state index contributed by atoms with van der Waals surface area (Å²) in [7, 11) is 0. The second kappa shape index (κ2) is 4.09. The highest BCUT2D eigenvalue weighted by molar-refractivity contribution is 5.66. The Balaban J connectivity index is 2.36. The summed E-state index contributed by atoms with van der Waals surface area (Å²) in [6, 6.07) is 0.0855. The molecule has 3 nitrogen and oxygen atoms in total. The number of hydrogen-bond acceptors (Lipinski definition) is 2. The van der Waals surface area contributed by atoms with E-state index in [-0.39, 0.29) is 17.9 Å². The number of nitrogens with two attached hydrogens (primary N) is 1. The molecular formula is C10H19NO2. The van der Waals surface area contributed by atoms with Gasteiger partial charge in [0.25, 0.3) is 0 Å². The Hall–Kier alpha value is -0.570. The molecule has 3 N–H and O–H groups in total. The van der Waals surface area contributed by atoms with Gasteiger partial charge in [0.05, 0.1) is 0 Å². The minimum Gasteiger partial charge on any atom is -0.481 e. The van der Waals surface area contributed by atoms with Crippen LogP contribution >= 0.6 is 0 Å². The van der Waals surface area contributed by atoms with Crippen molar-refractivity contribution in [2.24, 2.45) is 11.1 Å². The molecule has 0 amide bonds. The van der Waals surface area contributed by atoms with Gasteiger partial charge in [-0.1, -0.05) is 13.3 Å². The molecule has 3 heteroatoms. The Kier molecular flexibility index (Phi) is 3.31. The lowest BCUT2D eigenvalue weighted by Crippen LogP contribution is -2.46. The summed E-state index contributed by atoms with van der Waals surface area (Å²) in [6.07, 6.45) is 5.56. The maximum Gasteiger partial charge on any atom is 0.303 e. The summed E-state index contributed by atoms with van der Waals surface area (Å²) < 4.78 is 0. The van der Waals surface area contributed by atoms with Crippen LogP contribution in [0.1, 0.15) is 45.4 Å². The Morgan fingerprint density at radius 3 is 2.54 bits per heavy atom. The van der Waals surface area contributed by atoms with E-state index < -0.39 is 5.97 Å². The van der Waals surface area contributed by atoms with Gasteiger partial charge >= 0.3 is 5.97 Å². The minimum atomic E-state index is -0.735. The largest absolute Gasteiger partial charge is 0.481 e. The van der Waals surface area contributed by atoms with Crippen LogP contribution in [0.15, 0.2) is 0 Å². The Bertz CT molecular complexity index is 182. The summed E-state index contributed by atoms with van der Waals surface area (Å²) in [5, 5.41) is 8.54. The first-order chi connectivity index (χ1) is 6.10. The lowest BCUT2D eigenvalue weighted by atomic mass is 9.62. The van der Waals surface area contributed by atoms with E-state index in [2.05, 4.69) is 6.92 Å². The standard InChI is InChI=1S/C10H19NO2/c1-2-10(6-3-7-10)8(11)4-5-9(12)13/h8H,2-7,11H2,1H3,(H,12,13). The maximum atomic E-state index is 10.4. The molecule has 0 saturated heterocycles. The van der Waals surface area contributed by atoms with E-state index in [0.29, 0.717) is 6.42 Å². The number of hydrogen-bond donors (Lipinski definition) is 2. The van der Waals surface area contributed by atoms with E-state index in [1.54, 1.807) is 0 Å². The van der Waals surface area contributed by atoms with E-state index >= 15 is 0 Å². The molecule has 1 saturated carbocycles. The topological polar surface area (TPSA) is 63.3 Å². The molecule has 0 radical (unpaired) electrons. The fourth-order valence-corrected chi connectivity index (χ4v) is 2.20. The minimum absolute atomic E-state index is 0.0855. The number of carbonyl (C=O) groups is 1. The van der Waals surface area contributed by atoms with Crippen LogP contribution in [-0.2, 0) is 4.79 Å². The molecule has 1 aliphatic rings. The Morgan fingerprint density at radius 1 is 1.62 bits per heavy atom. The Labute approximate surface area is 79.3 Å². The number of rotatable bonds is 5. The highest BCUT2D eigenvalue weighted by Gasteiger charge is 2.40. The molecule has 0 bridgehead atoms. The van der Waals surface area contributed by atoms with Crippen LogP contribution in [-0.4, -0.2) is 17.1 Å². The molecule has 0 aromatic heterocycles. The van der Waals surface area contributed by atoms with Crippen molar-refractivity contribution in [1.29, 1.82) is 0 Å². The second-order valence-electron chi connectivity index (χ2n) is 4.11. The predicted molar refractivity (Wildman–Crippen MR) is 51.4 cm³/mol. The lowest BCUT2D eigenvalue weighted by Gasteiger charge is -2.46. The molecule has 0 aromatic carbocycles. The van der Waals surface area contributed by atoms with Crippen molar-refractivity contribution in [2.75, 3.05) is 0 Å². The molecule has 0 heterocycles. The number of carboxylic acids is 1. The molecule has 0 aliphatic heterocycles. The van der Waals surface area contributed by atoms with Crippen LogP contribution in [0.5, 0.6) is 0 Å². The normalized spacial score (nSPS) is 22.0. The molecule has 76 valence electrons. The zero-order valence-corrected chi connectivity index (χ0v) is 8.25. The van der Waals surface area contributed by atoms with Crippen LogP contribution in [0.25, 0.3) is 0 Å². The van der Waals surface area contributed by atoms with Gasteiger partial charge in [0, 0.05) is 12.5 Å². The van der Waals surface area contributed by atoms with E-state index in [0.717, 1.165) is 6.42 Å². The molecule has 1 rings (SSSR count). The summed E-state index contributed by atoms with van der Waals surface area (Å²) in [5.41, 5.74) is 6.28. The fraction of sp³-hybridized carbons (Fsp3) is 0.900. The van der Waals surface area contributed by atoms with E-state index in [9.17, 15) is 4.79 Å². The van der Waals surface area contributed by atoms with Gasteiger partial charge in [-0.15, -0.1) is 0 Å². The van der Waals surface area contributed by atoms with Gasteiger partial charge < -0.3 is 10.8 Å². The van der Waals surface area contributed by atoms with Gasteiger partial charge in [0.2, 0.25) is 0 Å². The van der Waals surface area contributed by atoms with Gasteiger partial charge in [-0.3, -0.25) is 4.79 Å². The average molecular weight is 185 g/mol. The highest BCUT2D eigenvalue weighted by Crippen LogP contribution is 2.46. The van der Waals surface area contributed by atoms with Crippen LogP contribution in [0.3, 0.4) is 0 Å². The van der Waals surface area contributed by atoms with Crippen molar-refractivity contribution in [3.8, 4) is 0 Å². The monoisotopic (exact) mass is 185 g/mol. The van der Waals surface area contributed by atoms with Gasteiger partial charge in [0.15, 0.2) is 0 Å². The zero-order chi connectivity index (χ0) is 9.90. The maximum absolute atomic E-state index is 10.4. The van der Waals surface area contributed by atoms with Gasteiger partial charge in [-0.25, -0.2) is 0 Å².